The van der Waals surface area contributed by atoms with Gasteiger partial charge in [0, 0.05) is 38.6 Å². The van der Waals surface area contributed by atoms with E-state index < -0.39 is 75.1 Å². The van der Waals surface area contributed by atoms with Crippen LogP contribution in [0.3, 0.4) is 0 Å². The molecule has 292 valence electrons. The average molecular weight is 755 g/mol. The van der Waals surface area contributed by atoms with Gasteiger partial charge >= 0.3 is 6.03 Å². The van der Waals surface area contributed by atoms with E-state index in [1.165, 1.54) is 22.3 Å². The van der Waals surface area contributed by atoms with Crippen molar-refractivity contribution in [1.82, 2.24) is 30.5 Å². The number of likely N-dealkylation sites (N-methyl/N-ethyl adjacent to an activating group) is 1. The van der Waals surface area contributed by atoms with Crippen molar-refractivity contribution in [3.63, 3.8) is 0 Å². The number of Topliss-reactive ketones (excluding diaryl/α,β-unsaturated/α-hetero) is 1. The number of urea groups is 1. The summed E-state index contributed by atoms with van der Waals surface area (Å²) >= 11 is 0. The van der Waals surface area contributed by atoms with Gasteiger partial charge in [0.2, 0.25) is 27.6 Å². The van der Waals surface area contributed by atoms with Crippen LogP contribution < -0.4 is 21.3 Å². The molecule has 53 heavy (non-hydrogen) atoms. The van der Waals surface area contributed by atoms with Crippen molar-refractivity contribution in [3.8, 4) is 0 Å². The van der Waals surface area contributed by atoms with E-state index in [9.17, 15) is 32.4 Å². The van der Waals surface area contributed by atoms with Crippen molar-refractivity contribution >= 4 is 39.6 Å². The van der Waals surface area contributed by atoms with E-state index in [1.54, 1.807) is 13.0 Å². The summed E-state index contributed by atoms with van der Waals surface area (Å²) in [6.45, 7) is 15.1. The number of hydrogen-bond donors (Lipinski definition) is 4. The minimum absolute atomic E-state index is 0.0300. The van der Waals surface area contributed by atoms with Crippen LogP contribution in [0.5, 0.6) is 0 Å². The molecule has 1 saturated heterocycles. The highest BCUT2D eigenvalue weighted by molar-refractivity contribution is 7.89. The van der Waals surface area contributed by atoms with Gasteiger partial charge in [0.25, 0.3) is 5.91 Å². The second-order valence-corrected chi connectivity index (χ2v) is 18.1. The Bertz CT molecular complexity index is 1630. The number of nitrogens with one attached hydrogen (secondary N) is 4. The molecule has 1 aromatic carbocycles. The number of amides is 5. The number of benzene rings is 1. The van der Waals surface area contributed by atoms with E-state index in [1.807, 2.05) is 45.0 Å². The maximum Gasteiger partial charge on any atom is 0.315 e. The number of ketones is 1. The molecular formula is C39H58N6O7S. The van der Waals surface area contributed by atoms with Crippen LogP contribution in [0.4, 0.5) is 4.79 Å². The van der Waals surface area contributed by atoms with Crippen molar-refractivity contribution in [2.24, 2.45) is 23.2 Å². The van der Waals surface area contributed by atoms with Crippen molar-refractivity contribution in [2.75, 3.05) is 32.4 Å². The van der Waals surface area contributed by atoms with Gasteiger partial charge in [0.15, 0.2) is 0 Å². The van der Waals surface area contributed by atoms with Crippen LogP contribution in [0, 0.1) is 23.2 Å². The maximum atomic E-state index is 14.7. The number of hydrogen-bond acceptors (Lipinski definition) is 7. The van der Waals surface area contributed by atoms with Crippen LogP contribution in [0.2, 0.25) is 0 Å². The molecular weight excluding hydrogens is 697 g/mol. The first kappa shape index (κ1) is 41.7. The molecule has 0 bridgehead atoms. The fourth-order valence-electron chi connectivity index (χ4n) is 7.25. The number of sulfonamides is 1. The normalized spacial score (nSPS) is 20.5. The van der Waals surface area contributed by atoms with Crippen molar-refractivity contribution in [1.29, 1.82) is 0 Å². The quantitative estimate of drug-likeness (QED) is 0.132. The van der Waals surface area contributed by atoms with Crippen LogP contribution in [0.15, 0.2) is 49.6 Å². The first-order chi connectivity index (χ1) is 25.0. The third-order valence-electron chi connectivity index (χ3n) is 10.9. The Morgan fingerprint density at radius 2 is 1.64 bits per heavy atom. The first-order valence-corrected chi connectivity index (χ1v) is 20.4. The minimum Gasteiger partial charge on any atom is -0.346 e. The van der Waals surface area contributed by atoms with E-state index >= 15 is 0 Å². The number of likely N-dealkylation sites (tertiary alicyclic amines) is 1. The number of fused-ring (bicyclic) bond motifs is 1. The average Bonchev–Trinajstić information content (AvgIpc) is 3.68. The van der Waals surface area contributed by atoms with Crippen molar-refractivity contribution in [3.05, 3.63) is 60.7 Å². The Morgan fingerprint density at radius 3 is 2.19 bits per heavy atom. The highest BCUT2D eigenvalue weighted by Crippen LogP contribution is 2.35. The summed E-state index contributed by atoms with van der Waals surface area (Å²) in [5.74, 6) is -2.95. The summed E-state index contributed by atoms with van der Waals surface area (Å²) in [6.07, 6.45) is 7.66. The molecule has 2 aliphatic carbocycles. The van der Waals surface area contributed by atoms with Crippen LogP contribution >= 0.6 is 0 Å². The number of carbonyl (C=O) groups excluding carboxylic acids is 5. The molecule has 3 aliphatic rings. The van der Waals surface area contributed by atoms with Crippen LogP contribution in [0.1, 0.15) is 70.9 Å². The second-order valence-electron chi connectivity index (χ2n) is 15.7. The number of nitrogens with zero attached hydrogens (tertiary/aromatic N) is 2. The lowest BCUT2D eigenvalue weighted by Gasteiger charge is -2.36. The smallest absolute Gasteiger partial charge is 0.315 e. The molecule has 2 fully saturated rings. The Hall–Kier alpha value is -4.04. The SMILES string of the molecule is C=CCNC(=O)C(=O)C(CCC1CC1)NC(=O)[C@@H]1[C@@H](C=C)CCN1C(=O)[C@@H](NC(=O)N[C@H](CN(C)S(=O)(=O)CC)C(C)(C)C)C1Cc2ccccc2C1. The molecule has 5 atom stereocenters. The summed E-state index contributed by atoms with van der Waals surface area (Å²) in [5, 5.41) is 11.2. The summed E-state index contributed by atoms with van der Waals surface area (Å²) in [6, 6.07) is 3.52. The molecule has 4 N–H and O–H groups in total. The molecule has 0 spiro atoms. The number of rotatable bonds is 18. The summed E-state index contributed by atoms with van der Waals surface area (Å²) in [4.78, 5) is 70.1. The summed E-state index contributed by atoms with van der Waals surface area (Å²) in [7, 11) is -2.05. The summed E-state index contributed by atoms with van der Waals surface area (Å²) < 4.78 is 26.4. The Labute approximate surface area is 314 Å². The lowest BCUT2D eigenvalue weighted by atomic mass is 9.86. The van der Waals surface area contributed by atoms with Gasteiger partial charge in [-0.25, -0.2) is 17.5 Å². The van der Waals surface area contributed by atoms with E-state index in [0.29, 0.717) is 38.0 Å². The van der Waals surface area contributed by atoms with Crippen LogP contribution in [-0.2, 0) is 42.0 Å². The molecule has 5 amide bonds. The van der Waals surface area contributed by atoms with E-state index in [2.05, 4.69) is 34.4 Å². The maximum absolute atomic E-state index is 14.7. The first-order valence-electron chi connectivity index (χ1n) is 18.7. The third-order valence-corrected chi connectivity index (χ3v) is 12.7. The van der Waals surface area contributed by atoms with Gasteiger partial charge in [-0.15, -0.1) is 13.2 Å². The second kappa shape index (κ2) is 17.9. The Kier molecular flexibility index (Phi) is 14.1. The molecule has 0 radical (unpaired) electrons. The molecule has 1 heterocycles. The van der Waals surface area contributed by atoms with Gasteiger partial charge in [0.05, 0.1) is 11.8 Å². The van der Waals surface area contributed by atoms with Crippen LogP contribution in [0.25, 0.3) is 0 Å². The lowest BCUT2D eigenvalue weighted by Crippen LogP contribution is -2.61. The molecule has 0 aromatic heterocycles. The lowest BCUT2D eigenvalue weighted by molar-refractivity contribution is -0.143. The van der Waals surface area contributed by atoms with Gasteiger partial charge in [-0.2, -0.15) is 0 Å². The van der Waals surface area contributed by atoms with E-state index in [0.717, 1.165) is 24.0 Å². The third kappa shape index (κ3) is 10.8. The summed E-state index contributed by atoms with van der Waals surface area (Å²) in [5.41, 5.74) is 1.61. The van der Waals surface area contributed by atoms with Crippen molar-refractivity contribution in [2.45, 2.75) is 96.8 Å². The predicted molar refractivity (Wildman–Crippen MR) is 204 cm³/mol. The van der Waals surface area contributed by atoms with Gasteiger partial charge in [-0.1, -0.05) is 70.0 Å². The largest absolute Gasteiger partial charge is 0.346 e. The fraction of sp³-hybridized carbons (Fsp3) is 0.615. The zero-order valence-electron chi connectivity index (χ0n) is 31.9. The molecule has 1 unspecified atom stereocenters. The van der Waals surface area contributed by atoms with E-state index in [-0.39, 0.29) is 31.3 Å². The molecule has 14 heteroatoms. The standard InChI is InChI=1S/C39H58N6O7S/c1-8-20-40-36(48)34(46)30(18-17-25-15-16-25)41-35(47)33-26(9-2)19-21-45(33)37(49)32(29-22-27-13-11-12-14-28(27)23-29)43-38(50)42-31(39(4,5)6)24-44(7)53(51,52)10-3/h8-9,11-14,25-26,29-33H,1-2,10,15-24H2,3-7H3,(H,40,48)(H,41,47)(H2,42,43,50)/t26-,30?,31+,32-,33-/m0/s1. The van der Waals surface area contributed by atoms with E-state index in [4.69, 9.17) is 0 Å². The molecule has 13 nitrogen and oxygen atoms in total. The highest BCUT2D eigenvalue weighted by atomic mass is 32.2. The topological polar surface area (TPSA) is 174 Å². The van der Waals surface area contributed by atoms with Gasteiger partial charge < -0.3 is 26.2 Å². The minimum atomic E-state index is -3.52. The monoisotopic (exact) mass is 754 g/mol. The molecule has 1 aliphatic heterocycles. The molecule has 1 saturated carbocycles. The van der Waals surface area contributed by atoms with Gasteiger partial charge in [-0.3, -0.25) is 19.2 Å². The Morgan fingerprint density at radius 1 is 1.00 bits per heavy atom. The zero-order valence-corrected chi connectivity index (χ0v) is 32.7. The predicted octanol–water partition coefficient (Wildman–Crippen LogP) is 2.71. The fourth-order valence-corrected chi connectivity index (χ4v) is 8.06. The molecule has 4 rings (SSSR count). The van der Waals surface area contributed by atoms with Gasteiger partial charge in [0.1, 0.15) is 12.1 Å². The van der Waals surface area contributed by atoms with Crippen molar-refractivity contribution < 1.29 is 32.4 Å². The number of carbonyl (C=O) groups is 5. The highest BCUT2D eigenvalue weighted by Gasteiger charge is 2.46. The molecule has 1 aromatic rings. The zero-order chi connectivity index (χ0) is 39.1. The van der Waals surface area contributed by atoms with Gasteiger partial charge in [-0.05, 0) is 67.4 Å². The van der Waals surface area contributed by atoms with Crippen LogP contribution in [-0.4, -0.2) is 104 Å². The Balaban J connectivity index is 1.59.